The van der Waals surface area contributed by atoms with Crippen LogP contribution in [0.15, 0.2) is 6.20 Å². The summed E-state index contributed by atoms with van der Waals surface area (Å²) >= 11 is 1.58. The van der Waals surface area contributed by atoms with Crippen LogP contribution in [0.5, 0.6) is 0 Å². The van der Waals surface area contributed by atoms with Gasteiger partial charge in [-0.3, -0.25) is 4.90 Å². The van der Waals surface area contributed by atoms with E-state index in [1.807, 2.05) is 13.3 Å². The van der Waals surface area contributed by atoms with Crippen molar-refractivity contribution in [1.82, 2.24) is 9.88 Å². The van der Waals surface area contributed by atoms with E-state index in [9.17, 15) is 0 Å². The number of rotatable bonds is 3. The minimum atomic E-state index is 0. The molecule has 3 atom stereocenters. The molecule has 2 aliphatic rings. The number of hydrogen-bond donors (Lipinski definition) is 1. The van der Waals surface area contributed by atoms with Gasteiger partial charge in [0, 0.05) is 37.3 Å². The fraction of sp³-hybridized carbons (Fsp3) is 0.769. The highest BCUT2D eigenvalue weighted by Gasteiger charge is 2.37. The number of nitrogens with two attached hydrogens (primary N) is 1. The van der Waals surface area contributed by atoms with E-state index in [1.54, 1.807) is 11.3 Å². The van der Waals surface area contributed by atoms with Crippen LogP contribution in [0.1, 0.15) is 24.1 Å². The average molecular weight is 320 g/mol. The number of aromatic nitrogens is 1. The van der Waals surface area contributed by atoms with E-state index in [1.165, 1.54) is 4.88 Å². The quantitative estimate of drug-likeness (QED) is 0.922. The first-order chi connectivity index (χ1) is 9.26. The van der Waals surface area contributed by atoms with Crippen LogP contribution < -0.4 is 5.73 Å². The van der Waals surface area contributed by atoms with Gasteiger partial charge in [0.05, 0.1) is 18.8 Å². The highest BCUT2D eigenvalue weighted by atomic mass is 35.5. The maximum Gasteiger partial charge on any atom is 0.180 e. The average Bonchev–Trinajstić information content (AvgIpc) is 2.84. The van der Waals surface area contributed by atoms with Crippen molar-refractivity contribution in [3.63, 3.8) is 0 Å². The standard InChI is InChI=1S/C13H21N3O2S.ClH/c1-17-9-2-3-12-11(6-9)16(4-5-18-12)8-10-7-15-13(14)19-10;/h7,9,11-12H,2-6,8H2,1H3,(H2,14,15);1H. The summed E-state index contributed by atoms with van der Waals surface area (Å²) in [7, 11) is 1.81. The molecule has 1 saturated heterocycles. The fourth-order valence-corrected chi connectivity index (χ4v) is 3.86. The number of hydrogen-bond acceptors (Lipinski definition) is 6. The van der Waals surface area contributed by atoms with Crippen molar-refractivity contribution in [3.8, 4) is 0 Å². The Morgan fingerprint density at radius 1 is 1.55 bits per heavy atom. The summed E-state index contributed by atoms with van der Waals surface area (Å²) in [4.78, 5) is 7.87. The number of nitrogens with zero attached hydrogens (tertiary/aromatic N) is 2. The third kappa shape index (κ3) is 3.43. The second-order valence-electron chi connectivity index (χ2n) is 5.28. The zero-order valence-corrected chi connectivity index (χ0v) is 13.3. The van der Waals surface area contributed by atoms with Crippen molar-refractivity contribution >= 4 is 28.9 Å². The Morgan fingerprint density at radius 3 is 3.10 bits per heavy atom. The summed E-state index contributed by atoms with van der Waals surface area (Å²) in [6, 6.07) is 0.468. The number of ether oxygens (including phenoxy) is 2. The van der Waals surface area contributed by atoms with Gasteiger partial charge in [-0.2, -0.15) is 0 Å². The number of halogens is 1. The Kier molecular flexibility index (Phi) is 5.63. The Balaban J connectivity index is 0.00000147. The van der Waals surface area contributed by atoms with Gasteiger partial charge in [0.2, 0.25) is 0 Å². The third-order valence-corrected chi connectivity index (χ3v) is 4.96. The van der Waals surface area contributed by atoms with Gasteiger partial charge < -0.3 is 15.2 Å². The number of nitrogen functional groups attached to an aromatic ring is 1. The highest BCUT2D eigenvalue weighted by molar-refractivity contribution is 7.15. The molecule has 2 fully saturated rings. The second kappa shape index (κ2) is 7.04. The topological polar surface area (TPSA) is 60.6 Å². The van der Waals surface area contributed by atoms with Gasteiger partial charge in [-0.15, -0.1) is 23.7 Å². The highest BCUT2D eigenvalue weighted by Crippen LogP contribution is 2.31. The number of fused-ring (bicyclic) bond motifs is 1. The first-order valence-electron chi connectivity index (χ1n) is 6.85. The molecule has 7 heteroatoms. The minimum Gasteiger partial charge on any atom is -0.381 e. The zero-order chi connectivity index (χ0) is 13.2. The van der Waals surface area contributed by atoms with Crippen molar-refractivity contribution in [2.75, 3.05) is 26.0 Å². The maximum atomic E-state index is 5.91. The summed E-state index contributed by atoms with van der Waals surface area (Å²) in [5.74, 6) is 0. The van der Waals surface area contributed by atoms with Crippen LogP contribution in [0.2, 0.25) is 0 Å². The van der Waals surface area contributed by atoms with Crippen molar-refractivity contribution < 1.29 is 9.47 Å². The molecule has 0 aromatic carbocycles. The van der Waals surface area contributed by atoms with Crippen LogP contribution in [-0.4, -0.2) is 48.4 Å². The van der Waals surface area contributed by atoms with E-state index < -0.39 is 0 Å². The van der Waals surface area contributed by atoms with Gasteiger partial charge in [0.1, 0.15) is 0 Å². The van der Waals surface area contributed by atoms with Gasteiger partial charge in [0.15, 0.2) is 5.13 Å². The lowest BCUT2D eigenvalue weighted by Crippen LogP contribution is -2.54. The van der Waals surface area contributed by atoms with E-state index in [0.29, 0.717) is 23.4 Å². The SMILES string of the molecule is COC1CCC2OCCN(Cc3cnc(N)s3)C2C1.Cl. The molecule has 20 heavy (non-hydrogen) atoms. The van der Waals surface area contributed by atoms with Crippen LogP contribution in [0, 0.1) is 0 Å². The summed E-state index contributed by atoms with van der Waals surface area (Å²) in [6.45, 7) is 2.73. The third-order valence-electron chi connectivity index (χ3n) is 4.15. The predicted octanol–water partition coefficient (Wildman–Crippen LogP) is 1.92. The first kappa shape index (κ1) is 16.0. The lowest BCUT2D eigenvalue weighted by Gasteiger charge is -2.45. The van der Waals surface area contributed by atoms with Gasteiger partial charge in [0.25, 0.3) is 0 Å². The van der Waals surface area contributed by atoms with E-state index in [2.05, 4.69) is 9.88 Å². The van der Waals surface area contributed by atoms with Crippen LogP contribution >= 0.6 is 23.7 Å². The second-order valence-corrected chi connectivity index (χ2v) is 6.43. The molecule has 0 spiro atoms. The Bertz CT molecular complexity index is 432. The lowest BCUT2D eigenvalue weighted by atomic mass is 9.88. The minimum absolute atomic E-state index is 0. The summed E-state index contributed by atoms with van der Waals surface area (Å²) in [5.41, 5.74) is 5.70. The largest absolute Gasteiger partial charge is 0.381 e. The van der Waals surface area contributed by atoms with Crippen molar-refractivity contribution in [3.05, 3.63) is 11.1 Å². The van der Waals surface area contributed by atoms with Crippen molar-refractivity contribution in [1.29, 1.82) is 0 Å². The Hall–Kier alpha value is -0.400. The number of thiazole rings is 1. The summed E-state index contributed by atoms with van der Waals surface area (Å²) in [5, 5.41) is 0.651. The molecule has 114 valence electrons. The molecular formula is C13H22ClN3O2S. The van der Waals surface area contributed by atoms with Gasteiger partial charge in [-0.1, -0.05) is 0 Å². The lowest BCUT2D eigenvalue weighted by molar-refractivity contribution is -0.115. The van der Waals surface area contributed by atoms with Gasteiger partial charge in [-0.25, -0.2) is 4.98 Å². The van der Waals surface area contributed by atoms with Crippen LogP contribution in [0.4, 0.5) is 5.13 Å². The molecule has 1 saturated carbocycles. The number of morpholine rings is 1. The number of anilines is 1. The molecule has 1 aliphatic heterocycles. The van der Waals surface area contributed by atoms with Gasteiger partial charge in [-0.05, 0) is 19.3 Å². The monoisotopic (exact) mass is 319 g/mol. The van der Waals surface area contributed by atoms with Crippen LogP contribution in [-0.2, 0) is 16.0 Å². The Labute approximate surface area is 129 Å². The van der Waals surface area contributed by atoms with Crippen LogP contribution in [0.25, 0.3) is 0 Å². The molecule has 3 unspecified atom stereocenters. The molecular weight excluding hydrogens is 298 g/mol. The normalized spacial score (nSPS) is 30.6. The molecule has 0 amide bonds. The molecule has 0 bridgehead atoms. The van der Waals surface area contributed by atoms with E-state index in [-0.39, 0.29) is 12.4 Å². The molecule has 0 radical (unpaired) electrons. The molecule has 2 N–H and O–H groups in total. The van der Waals surface area contributed by atoms with Crippen LogP contribution in [0.3, 0.4) is 0 Å². The summed E-state index contributed by atoms with van der Waals surface area (Å²) in [6.07, 6.45) is 5.91. The molecule has 3 rings (SSSR count). The van der Waals surface area contributed by atoms with Crippen molar-refractivity contribution in [2.45, 2.75) is 44.1 Å². The molecule has 1 aromatic rings. The first-order valence-corrected chi connectivity index (χ1v) is 7.66. The van der Waals surface area contributed by atoms with Gasteiger partial charge >= 0.3 is 0 Å². The molecule has 1 aliphatic carbocycles. The molecule has 1 aromatic heterocycles. The smallest absolute Gasteiger partial charge is 0.180 e. The van der Waals surface area contributed by atoms with Crippen molar-refractivity contribution in [2.24, 2.45) is 0 Å². The number of methoxy groups -OCH3 is 1. The zero-order valence-electron chi connectivity index (χ0n) is 11.7. The maximum absolute atomic E-state index is 5.91. The predicted molar refractivity (Wildman–Crippen MR) is 82.4 cm³/mol. The Morgan fingerprint density at radius 2 is 2.40 bits per heavy atom. The molecule has 2 heterocycles. The van der Waals surface area contributed by atoms with E-state index in [4.69, 9.17) is 15.2 Å². The fourth-order valence-electron chi connectivity index (χ4n) is 3.15. The van der Waals surface area contributed by atoms with E-state index in [0.717, 1.165) is 39.0 Å². The summed E-state index contributed by atoms with van der Waals surface area (Å²) < 4.78 is 11.4. The van der Waals surface area contributed by atoms with E-state index >= 15 is 0 Å². The molecule has 5 nitrogen and oxygen atoms in total.